The van der Waals surface area contributed by atoms with Crippen LogP contribution in [0, 0.1) is 11.3 Å². The molecule has 0 bridgehead atoms. The number of ether oxygens (including phenoxy) is 1. The van der Waals surface area contributed by atoms with Crippen molar-refractivity contribution >= 4 is 0 Å². The van der Waals surface area contributed by atoms with E-state index in [0.29, 0.717) is 12.2 Å². The van der Waals surface area contributed by atoms with Gasteiger partial charge in [-0.05, 0) is 24.1 Å². The van der Waals surface area contributed by atoms with Crippen LogP contribution < -0.4 is 0 Å². The van der Waals surface area contributed by atoms with Crippen molar-refractivity contribution < 1.29 is 9.84 Å². The van der Waals surface area contributed by atoms with E-state index in [9.17, 15) is 0 Å². The van der Waals surface area contributed by atoms with E-state index in [4.69, 9.17) is 15.1 Å². The van der Waals surface area contributed by atoms with Crippen molar-refractivity contribution in [3.05, 3.63) is 35.4 Å². The Morgan fingerprint density at radius 1 is 1.28 bits per heavy atom. The minimum atomic E-state index is 0.205. The van der Waals surface area contributed by atoms with E-state index in [1.54, 1.807) is 7.11 Å². The number of nitrogens with zero attached hydrogens (tertiary/aromatic N) is 2. The number of methoxy groups -OCH3 is 1. The lowest BCUT2D eigenvalue weighted by Crippen LogP contribution is -2.28. The van der Waals surface area contributed by atoms with Gasteiger partial charge in [0, 0.05) is 33.4 Å². The van der Waals surface area contributed by atoms with Crippen LogP contribution in [-0.4, -0.2) is 43.4 Å². The zero-order chi connectivity index (χ0) is 13.2. The Kier molecular flexibility index (Phi) is 7.04. The highest BCUT2D eigenvalue weighted by atomic mass is 16.5. The smallest absolute Gasteiger partial charge is 0.0991 e. The van der Waals surface area contributed by atoms with Gasteiger partial charge in [-0.1, -0.05) is 12.1 Å². The molecule has 0 amide bonds. The monoisotopic (exact) mass is 248 g/mol. The molecule has 0 atom stereocenters. The highest BCUT2D eigenvalue weighted by molar-refractivity contribution is 5.31. The Labute approximate surface area is 108 Å². The van der Waals surface area contributed by atoms with E-state index in [0.717, 1.165) is 26.1 Å². The molecular weight excluding hydrogens is 228 g/mol. The number of benzene rings is 1. The van der Waals surface area contributed by atoms with Gasteiger partial charge in [-0.2, -0.15) is 5.26 Å². The molecular formula is C14H20N2O2. The number of hydrogen-bond donors (Lipinski definition) is 1. The Hall–Kier alpha value is -1.41. The molecule has 0 aliphatic rings. The lowest BCUT2D eigenvalue weighted by atomic mass is 10.1. The summed E-state index contributed by atoms with van der Waals surface area (Å²) in [5, 5.41) is 17.6. The number of rotatable bonds is 8. The summed E-state index contributed by atoms with van der Waals surface area (Å²) in [5.74, 6) is 0. The van der Waals surface area contributed by atoms with Crippen LogP contribution in [0.1, 0.15) is 17.5 Å². The van der Waals surface area contributed by atoms with Crippen LogP contribution >= 0.6 is 0 Å². The summed E-state index contributed by atoms with van der Waals surface area (Å²) in [6.07, 6.45) is 0.764. The van der Waals surface area contributed by atoms with E-state index in [-0.39, 0.29) is 6.61 Å². The maximum Gasteiger partial charge on any atom is 0.0991 e. The minimum Gasteiger partial charge on any atom is -0.396 e. The molecule has 0 fully saturated rings. The molecule has 1 N–H and O–H groups in total. The third kappa shape index (κ3) is 5.28. The third-order valence-electron chi connectivity index (χ3n) is 2.73. The highest BCUT2D eigenvalue weighted by Gasteiger charge is 2.05. The van der Waals surface area contributed by atoms with Crippen LogP contribution in [-0.2, 0) is 11.3 Å². The van der Waals surface area contributed by atoms with E-state index < -0.39 is 0 Å². The lowest BCUT2D eigenvalue weighted by Gasteiger charge is -2.21. The van der Waals surface area contributed by atoms with Crippen LogP contribution in [0.3, 0.4) is 0 Å². The fourth-order valence-corrected chi connectivity index (χ4v) is 1.73. The standard InChI is InChI=1S/C14H20N2O2/c1-18-10-8-16(7-2-9-17)12-14-5-3-13(11-15)4-6-14/h3-6,17H,2,7-10,12H2,1H3. The Morgan fingerprint density at radius 2 is 2.00 bits per heavy atom. The van der Waals surface area contributed by atoms with Crippen molar-refractivity contribution in [3.63, 3.8) is 0 Å². The van der Waals surface area contributed by atoms with Gasteiger partial charge in [-0.15, -0.1) is 0 Å². The first-order chi connectivity index (χ1) is 8.80. The first-order valence-corrected chi connectivity index (χ1v) is 6.11. The quantitative estimate of drug-likeness (QED) is 0.755. The SMILES string of the molecule is COCCN(CCCO)Cc1ccc(C#N)cc1. The molecule has 4 heteroatoms. The average molecular weight is 248 g/mol. The zero-order valence-electron chi connectivity index (χ0n) is 10.8. The Balaban J connectivity index is 2.54. The maximum absolute atomic E-state index is 8.88. The molecule has 0 saturated carbocycles. The molecule has 0 unspecified atom stereocenters. The summed E-state index contributed by atoms with van der Waals surface area (Å²) < 4.78 is 5.08. The molecule has 0 heterocycles. The average Bonchev–Trinajstić information content (AvgIpc) is 2.42. The largest absolute Gasteiger partial charge is 0.396 e. The number of aliphatic hydroxyl groups is 1. The van der Waals surface area contributed by atoms with E-state index >= 15 is 0 Å². The number of hydrogen-bond acceptors (Lipinski definition) is 4. The van der Waals surface area contributed by atoms with Crippen LogP contribution in [0.2, 0.25) is 0 Å². The molecule has 4 nitrogen and oxygen atoms in total. The van der Waals surface area contributed by atoms with E-state index in [1.165, 1.54) is 5.56 Å². The molecule has 0 radical (unpaired) electrons. The normalized spacial score (nSPS) is 10.6. The van der Waals surface area contributed by atoms with E-state index in [1.807, 2.05) is 24.3 Å². The second-order valence-corrected chi connectivity index (χ2v) is 4.15. The molecule has 18 heavy (non-hydrogen) atoms. The first kappa shape index (κ1) is 14.7. The van der Waals surface area contributed by atoms with Crippen LogP contribution in [0.15, 0.2) is 24.3 Å². The van der Waals surface area contributed by atoms with Crippen molar-refractivity contribution in [3.8, 4) is 6.07 Å². The van der Waals surface area contributed by atoms with Gasteiger partial charge in [0.15, 0.2) is 0 Å². The van der Waals surface area contributed by atoms with Gasteiger partial charge in [0.2, 0.25) is 0 Å². The molecule has 1 aromatic carbocycles. The highest BCUT2D eigenvalue weighted by Crippen LogP contribution is 2.07. The first-order valence-electron chi connectivity index (χ1n) is 6.11. The van der Waals surface area contributed by atoms with E-state index in [2.05, 4.69) is 11.0 Å². The molecule has 0 aliphatic heterocycles. The fraction of sp³-hybridized carbons (Fsp3) is 0.500. The topological polar surface area (TPSA) is 56.5 Å². The summed E-state index contributed by atoms with van der Waals surface area (Å²) >= 11 is 0. The summed E-state index contributed by atoms with van der Waals surface area (Å²) in [6.45, 7) is 3.39. The minimum absolute atomic E-state index is 0.205. The van der Waals surface area contributed by atoms with Crippen LogP contribution in [0.25, 0.3) is 0 Å². The predicted octanol–water partition coefficient (Wildman–Crippen LogP) is 1.39. The Bertz CT molecular complexity index is 362. The van der Waals surface area contributed by atoms with Crippen LogP contribution in [0.4, 0.5) is 0 Å². The third-order valence-corrected chi connectivity index (χ3v) is 2.73. The molecule has 1 rings (SSSR count). The summed E-state index contributed by atoms with van der Waals surface area (Å²) in [6, 6.07) is 9.71. The molecule has 98 valence electrons. The summed E-state index contributed by atoms with van der Waals surface area (Å²) in [7, 11) is 1.69. The number of aliphatic hydroxyl groups excluding tert-OH is 1. The van der Waals surface area contributed by atoms with Gasteiger partial charge >= 0.3 is 0 Å². The van der Waals surface area contributed by atoms with Crippen molar-refractivity contribution in [1.29, 1.82) is 5.26 Å². The number of nitriles is 1. The zero-order valence-corrected chi connectivity index (χ0v) is 10.8. The maximum atomic E-state index is 8.88. The van der Waals surface area contributed by atoms with Crippen LogP contribution in [0.5, 0.6) is 0 Å². The van der Waals surface area contributed by atoms with Gasteiger partial charge in [-0.25, -0.2) is 0 Å². The predicted molar refractivity (Wildman–Crippen MR) is 70.0 cm³/mol. The van der Waals surface area contributed by atoms with Crippen molar-refractivity contribution in [2.45, 2.75) is 13.0 Å². The second-order valence-electron chi connectivity index (χ2n) is 4.15. The summed E-state index contributed by atoms with van der Waals surface area (Å²) in [5.41, 5.74) is 1.85. The molecule has 0 aromatic heterocycles. The van der Waals surface area contributed by atoms with Gasteiger partial charge in [0.1, 0.15) is 0 Å². The van der Waals surface area contributed by atoms with Crippen molar-refractivity contribution in [2.75, 3.05) is 33.4 Å². The lowest BCUT2D eigenvalue weighted by molar-refractivity contribution is 0.137. The molecule has 1 aromatic rings. The van der Waals surface area contributed by atoms with Gasteiger partial charge in [-0.3, -0.25) is 4.90 Å². The van der Waals surface area contributed by atoms with Crippen molar-refractivity contribution in [2.24, 2.45) is 0 Å². The van der Waals surface area contributed by atoms with Gasteiger partial charge in [0.25, 0.3) is 0 Å². The molecule has 0 saturated heterocycles. The second kappa shape index (κ2) is 8.65. The fourth-order valence-electron chi connectivity index (χ4n) is 1.73. The Morgan fingerprint density at radius 3 is 2.56 bits per heavy atom. The summed E-state index contributed by atoms with van der Waals surface area (Å²) in [4.78, 5) is 2.24. The molecule has 0 aliphatic carbocycles. The molecule has 0 spiro atoms. The van der Waals surface area contributed by atoms with Gasteiger partial charge in [0.05, 0.1) is 18.2 Å². The van der Waals surface area contributed by atoms with Gasteiger partial charge < -0.3 is 9.84 Å². The van der Waals surface area contributed by atoms with Crippen molar-refractivity contribution in [1.82, 2.24) is 4.90 Å².